The Hall–Kier alpha value is -3.28. The summed E-state index contributed by atoms with van der Waals surface area (Å²) in [6, 6.07) is 14.1. The number of nitrogens with one attached hydrogen (secondary N) is 1. The topological polar surface area (TPSA) is 76.7 Å². The summed E-state index contributed by atoms with van der Waals surface area (Å²) in [5, 5.41) is 8.59. The molecule has 0 unspecified atom stereocenters. The minimum absolute atomic E-state index is 0.553. The second-order valence-corrected chi connectivity index (χ2v) is 6.52. The molecule has 4 aromatic rings. The van der Waals surface area contributed by atoms with Gasteiger partial charge < -0.3 is 9.84 Å². The second-order valence-electron chi connectivity index (χ2n) is 6.52. The Balaban J connectivity index is 1.75. The molecule has 0 saturated heterocycles. The number of nitrogens with zero attached hydrogens (tertiary/aromatic N) is 4. The molecule has 0 saturated carbocycles. The maximum Gasteiger partial charge on any atom is 0.226 e. The first-order valence-corrected chi connectivity index (χ1v) is 9.11. The zero-order valence-electron chi connectivity index (χ0n) is 15.4. The van der Waals surface area contributed by atoms with Gasteiger partial charge in [-0.3, -0.25) is 4.98 Å². The summed E-state index contributed by atoms with van der Waals surface area (Å²) in [5.74, 6) is 1.92. The summed E-state index contributed by atoms with van der Waals surface area (Å²) >= 11 is 0. The van der Waals surface area contributed by atoms with Crippen molar-refractivity contribution < 1.29 is 4.52 Å². The van der Waals surface area contributed by atoms with Crippen LogP contribution in [-0.4, -0.2) is 20.1 Å². The molecular weight excluding hydrogens is 338 g/mol. The molecule has 0 aliphatic carbocycles. The highest BCUT2D eigenvalue weighted by atomic mass is 16.5. The van der Waals surface area contributed by atoms with Gasteiger partial charge in [0.05, 0.1) is 23.3 Å². The van der Waals surface area contributed by atoms with Crippen LogP contribution in [-0.2, 0) is 13.0 Å². The van der Waals surface area contributed by atoms with Crippen LogP contribution in [0.5, 0.6) is 0 Å². The van der Waals surface area contributed by atoms with Crippen molar-refractivity contribution in [3.05, 3.63) is 65.8 Å². The highest BCUT2D eigenvalue weighted by molar-refractivity contribution is 5.88. The lowest BCUT2D eigenvalue weighted by Crippen LogP contribution is -2.05. The third-order valence-corrected chi connectivity index (χ3v) is 4.31. The normalized spacial score (nSPS) is 11.0. The Bertz CT molecular complexity index is 1060. The Labute approximate surface area is 157 Å². The van der Waals surface area contributed by atoms with Crippen LogP contribution < -0.4 is 5.32 Å². The standard InChI is InChI=1S/C21H21N5O/c1-3-6-19-25-21(26-27-19)17-12-15-9-8-14(2)11-18(15)24-20(17)23-13-16-7-4-5-10-22-16/h4-5,7-12H,3,6,13H2,1-2H3,(H,23,24). The summed E-state index contributed by atoms with van der Waals surface area (Å²) in [4.78, 5) is 13.7. The van der Waals surface area contributed by atoms with Crippen molar-refractivity contribution in [1.82, 2.24) is 20.1 Å². The molecule has 3 heterocycles. The number of aryl methyl sites for hydroxylation is 2. The van der Waals surface area contributed by atoms with Crippen molar-refractivity contribution in [1.29, 1.82) is 0 Å². The highest BCUT2D eigenvalue weighted by Gasteiger charge is 2.15. The van der Waals surface area contributed by atoms with E-state index in [2.05, 4.69) is 58.6 Å². The number of benzene rings is 1. The van der Waals surface area contributed by atoms with Crippen LogP contribution in [0.4, 0.5) is 5.82 Å². The quantitative estimate of drug-likeness (QED) is 0.544. The molecule has 0 atom stereocenters. The van der Waals surface area contributed by atoms with Crippen molar-refractivity contribution >= 4 is 16.7 Å². The minimum Gasteiger partial charge on any atom is -0.364 e. The summed E-state index contributed by atoms with van der Waals surface area (Å²) in [6.07, 6.45) is 3.51. The van der Waals surface area contributed by atoms with Crippen LogP contribution in [0.15, 0.2) is 53.2 Å². The van der Waals surface area contributed by atoms with Crippen LogP contribution in [0.2, 0.25) is 0 Å². The Morgan fingerprint density at radius 3 is 2.81 bits per heavy atom. The zero-order chi connectivity index (χ0) is 18.6. The van der Waals surface area contributed by atoms with E-state index < -0.39 is 0 Å². The van der Waals surface area contributed by atoms with Crippen molar-refractivity contribution in [2.75, 3.05) is 5.32 Å². The van der Waals surface area contributed by atoms with Gasteiger partial charge in [0.2, 0.25) is 11.7 Å². The van der Waals surface area contributed by atoms with Crippen LogP contribution in [0.3, 0.4) is 0 Å². The highest BCUT2D eigenvalue weighted by Crippen LogP contribution is 2.29. The molecule has 6 nitrogen and oxygen atoms in total. The smallest absolute Gasteiger partial charge is 0.226 e. The molecule has 0 amide bonds. The van der Waals surface area contributed by atoms with Crippen molar-refractivity contribution in [2.24, 2.45) is 0 Å². The Morgan fingerprint density at radius 2 is 2.00 bits per heavy atom. The van der Waals surface area contributed by atoms with E-state index in [-0.39, 0.29) is 0 Å². The second kappa shape index (κ2) is 7.53. The van der Waals surface area contributed by atoms with Gasteiger partial charge in [-0.05, 0) is 43.2 Å². The number of aromatic nitrogens is 4. The number of rotatable bonds is 6. The van der Waals surface area contributed by atoms with E-state index in [1.165, 1.54) is 5.56 Å². The molecule has 1 N–H and O–H groups in total. The lowest BCUT2D eigenvalue weighted by atomic mass is 10.1. The molecule has 0 aliphatic heterocycles. The lowest BCUT2D eigenvalue weighted by molar-refractivity contribution is 0.378. The molecule has 4 rings (SSSR count). The predicted octanol–water partition coefficient (Wildman–Crippen LogP) is 4.55. The van der Waals surface area contributed by atoms with Crippen molar-refractivity contribution in [2.45, 2.75) is 33.2 Å². The van der Waals surface area contributed by atoms with Crippen LogP contribution in [0.1, 0.15) is 30.5 Å². The molecule has 136 valence electrons. The van der Waals surface area contributed by atoms with E-state index in [0.29, 0.717) is 18.3 Å². The van der Waals surface area contributed by atoms with E-state index >= 15 is 0 Å². The average Bonchev–Trinajstić information content (AvgIpc) is 3.15. The molecule has 27 heavy (non-hydrogen) atoms. The van der Waals surface area contributed by atoms with Crippen molar-refractivity contribution in [3.63, 3.8) is 0 Å². The van der Waals surface area contributed by atoms with Crippen LogP contribution in [0, 0.1) is 6.92 Å². The van der Waals surface area contributed by atoms with Gasteiger partial charge in [0.25, 0.3) is 0 Å². The molecule has 0 aliphatic rings. The Kier molecular flexibility index (Phi) is 4.78. The molecule has 0 radical (unpaired) electrons. The number of hydrogen-bond donors (Lipinski definition) is 1. The van der Waals surface area contributed by atoms with Gasteiger partial charge in [-0.15, -0.1) is 0 Å². The number of fused-ring (bicyclic) bond motifs is 1. The Morgan fingerprint density at radius 1 is 1.07 bits per heavy atom. The molecule has 0 bridgehead atoms. The van der Waals surface area contributed by atoms with Gasteiger partial charge in [0, 0.05) is 18.0 Å². The molecule has 1 aromatic carbocycles. The van der Waals surface area contributed by atoms with Gasteiger partial charge in [-0.25, -0.2) is 4.98 Å². The molecule has 6 heteroatoms. The first-order chi connectivity index (χ1) is 13.2. The summed E-state index contributed by atoms with van der Waals surface area (Å²) in [5.41, 5.74) is 3.87. The maximum atomic E-state index is 5.38. The molecule has 3 aromatic heterocycles. The van der Waals surface area contributed by atoms with E-state index in [1.807, 2.05) is 18.2 Å². The number of hydrogen-bond acceptors (Lipinski definition) is 6. The van der Waals surface area contributed by atoms with Crippen LogP contribution >= 0.6 is 0 Å². The average molecular weight is 359 g/mol. The third kappa shape index (κ3) is 3.79. The number of anilines is 1. The van der Waals surface area contributed by atoms with Gasteiger partial charge in [0.1, 0.15) is 5.82 Å². The minimum atomic E-state index is 0.553. The van der Waals surface area contributed by atoms with Gasteiger partial charge >= 0.3 is 0 Å². The fraction of sp³-hybridized carbons (Fsp3) is 0.238. The predicted molar refractivity (Wildman–Crippen MR) is 105 cm³/mol. The van der Waals surface area contributed by atoms with Crippen molar-refractivity contribution in [3.8, 4) is 11.4 Å². The summed E-state index contributed by atoms with van der Waals surface area (Å²) in [6.45, 7) is 4.72. The fourth-order valence-corrected chi connectivity index (χ4v) is 2.94. The van der Waals surface area contributed by atoms with E-state index in [9.17, 15) is 0 Å². The summed E-state index contributed by atoms with van der Waals surface area (Å²) in [7, 11) is 0. The van der Waals surface area contributed by atoms with Gasteiger partial charge in [-0.2, -0.15) is 4.98 Å². The monoisotopic (exact) mass is 359 g/mol. The lowest BCUT2D eigenvalue weighted by Gasteiger charge is -2.11. The molecule has 0 fully saturated rings. The zero-order valence-corrected chi connectivity index (χ0v) is 15.4. The maximum absolute atomic E-state index is 5.38. The van der Waals surface area contributed by atoms with Crippen LogP contribution in [0.25, 0.3) is 22.3 Å². The molecule has 0 spiro atoms. The molecular formula is C21H21N5O. The van der Waals surface area contributed by atoms with Gasteiger partial charge in [0.15, 0.2) is 0 Å². The SMILES string of the molecule is CCCc1nc(-c2cc3ccc(C)cc3nc2NCc2ccccn2)no1. The van der Waals surface area contributed by atoms with E-state index in [0.717, 1.165) is 40.8 Å². The summed E-state index contributed by atoms with van der Waals surface area (Å²) < 4.78 is 5.38. The van der Waals surface area contributed by atoms with Gasteiger partial charge in [-0.1, -0.05) is 30.3 Å². The van der Waals surface area contributed by atoms with E-state index in [1.54, 1.807) is 6.20 Å². The first kappa shape index (κ1) is 17.1. The van der Waals surface area contributed by atoms with E-state index in [4.69, 9.17) is 9.51 Å². The first-order valence-electron chi connectivity index (χ1n) is 9.11. The third-order valence-electron chi connectivity index (χ3n) is 4.31. The number of pyridine rings is 2. The largest absolute Gasteiger partial charge is 0.364 e. The fourth-order valence-electron chi connectivity index (χ4n) is 2.94.